The molecule has 2 aromatic rings. The predicted octanol–water partition coefficient (Wildman–Crippen LogP) is 2.80. The first-order chi connectivity index (χ1) is 11.1. The van der Waals surface area contributed by atoms with Gasteiger partial charge in [0.05, 0.1) is 11.1 Å². The molecule has 8 heteroatoms. The summed E-state index contributed by atoms with van der Waals surface area (Å²) in [5, 5.41) is 11.1. The molecule has 1 N–H and O–H groups in total. The minimum atomic E-state index is -3.84. The summed E-state index contributed by atoms with van der Waals surface area (Å²) in [6, 6.07) is 7.32. The highest BCUT2D eigenvalue weighted by atomic mass is 32.2. The Morgan fingerprint density at radius 2 is 1.88 bits per heavy atom. The first-order valence-corrected chi connectivity index (χ1v) is 8.54. The fourth-order valence-corrected chi connectivity index (χ4v) is 2.84. The summed E-state index contributed by atoms with van der Waals surface area (Å²) in [7, 11) is -3.84. The maximum absolute atomic E-state index is 14.4. The van der Waals surface area contributed by atoms with Gasteiger partial charge < -0.3 is 5.32 Å². The van der Waals surface area contributed by atoms with Crippen molar-refractivity contribution in [3.05, 3.63) is 58.7 Å². The molecule has 0 aliphatic rings. The van der Waals surface area contributed by atoms with E-state index in [-0.39, 0.29) is 16.8 Å². The van der Waals surface area contributed by atoms with Crippen LogP contribution in [-0.2, 0) is 9.84 Å². The van der Waals surface area contributed by atoms with E-state index in [9.17, 15) is 22.0 Å². The molecule has 0 heterocycles. The third-order valence-electron chi connectivity index (χ3n) is 3.29. The molecule has 2 aromatic carbocycles. The third kappa shape index (κ3) is 3.41. The number of sulfone groups is 1. The number of carbonyl (C=O) groups excluding carboxylic acids is 1. The standard InChI is InChI=1S/C16H12F2N2O3S/c1-9-3-6-13(24(2,22)23)15(18)14(9)16(21)20-11-4-5-12(17)10(7-11)8-19/h3-7H,1-2H3,(H,20,21). The van der Waals surface area contributed by atoms with Gasteiger partial charge in [-0.15, -0.1) is 0 Å². The summed E-state index contributed by atoms with van der Waals surface area (Å²) in [6.45, 7) is 1.45. The van der Waals surface area contributed by atoms with Crippen molar-refractivity contribution in [1.29, 1.82) is 5.26 Å². The number of benzene rings is 2. The molecular formula is C16H12F2N2O3S. The number of anilines is 1. The van der Waals surface area contributed by atoms with Gasteiger partial charge >= 0.3 is 0 Å². The lowest BCUT2D eigenvalue weighted by Crippen LogP contribution is -2.17. The molecular weight excluding hydrogens is 338 g/mol. The van der Waals surface area contributed by atoms with Crippen LogP contribution in [0.5, 0.6) is 0 Å². The van der Waals surface area contributed by atoms with Crippen LogP contribution in [0.1, 0.15) is 21.5 Å². The van der Waals surface area contributed by atoms with Gasteiger partial charge in [-0.2, -0.15) is 5.26 Å². The topological polar surface area (TPSA) is 87.0 Å². The van der Waals surface area contributed by atoms with E-state index in [0.717, 1.165) is 24.5 Å². The van der Waals surface area contributed by atoms with E-state index in [1.54, 1.807) is 6.07 Å². The minimum Gasteiger partial charge on any atom is -0.322 e. The Labute approximate surface area is 137 Å². The van der Waals surface area contributed by atoms with E-state index in [0.29, 0.717) is 0 Å². The molecule has 0 bridgehead atoms. The maximum atomic E-state index is 14.4. The van der Waals surface area contributed by atoms with Gasteiger partial charge in [-0.25, -0.2) is 17.2 Å². The van der Waals surface area contributed by atoms with Crippen molar-refractivity contribution in [2.45, 2.75) is 11.8 Å². The van der Waals surface area contributed by atoms with Crippen LogP contribution < -0.4 is 5.32 Å². The van der Waals surface area contributed by atoms with Crippen molar-refractivity contribution in [3.8, 4) is 6.07 Å². The number of amides is 1. The molecule has 0 saturated carbocycles. The normalized spacial score (nSPS) is 11.0. The van der Waals surface area contributed by atoms with Crippen LogP contribution in [0, 0.1) is 29.9 Å². The molecule has 124 valence electrons. The molecule has 0 atom stereocenters. The number of carbonyl (C=O) groups is 1. The molecule has 0 aliphatic heterocycles. The quantitative estimate of drug-likeness (QED) is 0.922. The largest absolute Gasteiger partial charge is 0.322 e. The van der Waals surface area contributed by atoms with Crippen LogP contribution >= 0.6 is 0 Å². The van der Waals surface area contributed by atoms with Crippen LogP contribution in [0.2, 0.25) is 0 Å². The fraction of sp³-hybridized carbons (Fsp3) is 0.125. The Hall–Kier alpha value is -2.79. The first-order valence-electron chi connectivity index (χ1n) is 6.65. The Kier molecular flexibility index (Phi) is 4.66. The van der Waals surface area contributed by atoms with Gasteiger partial charge in [-0.3, -0.25) is 4.79 Å². The van der Waals surface area contributed by atoms with Crippen LogP contribution in [0.25, 0.3) is 0 Å². The first kappa shape index (κ1) is 17.6. The SMILES string of the molecule is Cc1ccc(S(C)(=O)=O)c(F)c1C(=O)Nc1ccc(F)c(C#N)c1. The average molecular weight is 350 g/mol. The predicted molar refractivity (Wildman–Crippen MR) is 83.3 cm³/mol. The Morgan fingerprint density at radius 1 is 1.21 bits per heavy atom. The van der Waals surface area contributed by atoms with Gasteiger partial charge in [0.1, 0.15) is 16.8 Å². The van der Waals surface area contributed by atoms with Crippen molar-refractivity contribution < 1.29 is 22.0 Å². The molecule has 24 heavy (non-hydrogen) atoms. The summed E-state index contributed by atoms with van der Waals surface area (Å²) in [4.78, 5) is 11.7. The van der Waals surface area contributed by atoms with E-state index in [1.807, 2.05) is 0 Å². The Morgan fingerprint density at radius 3 is 2.46 bits per heavy atom. The molecule has 0 fully saturated rings. The summed E-state index contributed by atoms with van der Waals surface area (Å²) in [6.07, 6.45) is 0.835. The monoisotopic (exact) mass is 350 g/mol. The molecule has 5 nitrogen and oxygen atoms in total. The third-order valence-corrected chi connectivity index (χ3v) is 4.40. The lowest BCUT2D eigenvalue weighted by molar-refractivity contribution is 0.102. The van der Waals surface area contributed by atoms with Crippen molar-refractivity contribution in [3.63, 3.8) is 0 Å². The van der Waals surface area contributed by atoms with Crippen molar-refractivity contribution in [2.75, 3.05) is 11.6 Å². The molecule has 0 spiro atoms. The lowest BCUT2D eigenvalue weighted by atomic mass is 10.1. The second-order valence-corrected chi connectivity index (χ2v) is 7.09. The smallest absolute Gasteiger partial charge is 0.258 e. The number of nitrogens with one attached hydrogen (secondary N) is 1. The van der Waals surface area contributed by atoms with E-state index >= 15 is 0 Å². The van der Waals surface area contributed by atoms with E-state index < -0.39 is 37.8 Å². The minimum absolute atomic E-state index is 0.0847. The molecule has 1 amide bonds. The zero-order chi connectivity index (χ0) is 18.1. The number of hydrogen-bond donors (Lipinski definition) is 1. The van der Waals surface area contributed by atoms with Crippen LogP contribution in [0.4, 0.5) is 14.5 Å². The second kappa shape index (κ2) is 6.37. The van der Waals surface area contributed by atoms with E-state index in [2.05, 4.69) is 5.32 Å². The summed E-state index contributed by atoms with van der Waals surface area (Å²) < 4.78 is 50.9. The molecule has 0 aliphatic carbocycles. The van der Waals surface area contributed by atoms with Crippen molar-refractivity contribution >= 4 is 21.4 Å². The zero-order valence-corrected chi connectivity index (χ0v) is 13.5. The number of halogens is 2. The lowest BCUT2D eigenvalue weighted by Gasteiger charge is -2.11. The second-order valence-electron chi connectivity index (χ2n) is 5.10. The van der Waals surface area contributed by atoms with Gasteiger partial charge in [0.15, 0.2) is 15.7 Å². The fourth-order valence-electron chi connectivity index (χ4n) is 2.10. The van der Waals surface area contributed by atoms with Crippen LogP contribution in [-0.4, -0.2) is 20.6 Å². The summed E-state index contributed by atoms with van der Waals surface area (Å²) >= 11 is 0. The average Bonchev–Trinajstić information content (AvgIpc) is 2.47. The molecule has 0 saturated heterocycles. The van der Waals surface area contributed by atoms with Gasteiger partial charge in [0.2, 0.25) is 0 Å². The number of rotatable bonds is 3. The number of nitriles is 1. The zero-order valence-electron chi connectivity index (χ0n) is 12.7. The number of hydrogen-bond acceptors (Lipinski definition) is 4. The highest BCUT2D eigenvalue weighted by Crippen LogP contribution is 2.23. The number of nitrogens with zero attached hydrogens (tertiary/aromatic N) is 1. The summed E-state index contributed by atoms with van der Waals surface area (Å²) in [5.41, 5.74) is -0.392. The summed E-state index contributed by atoms with van der Waals surface area (Å²) in [5.74, 6) is -2.81. The van der Waals surface area contributed by atoms with Crippen LogP contribution in [0.15, 0.2) is 35.2 Å². The van der Waals surface area contributed by atoms with Crippen LogP contribution in [0.3, 0.4) is 0 Å². The Balaban J connectivity index is 2.46. The molecule has 0 aromatic heterocycles. The van der Waals surface area contributed by atoms with E-state index in [4.69, 9.17) is 5.26 Å². The van der Waals surface area contributed by atoms with E-state index in [1.165, 1.54) is 19.1 Å². The highest BCUT2D eigenvalue weighted by Gasteiger charge is 2.23. The van der Waals surface area contributed by atoms with Crippen molar-refractivity contribution in [2.24, 2.45) is 0 Å². The molecule has 0 radical (unpaired) electrons. The van der Waals surface area contributed by atoms with Crippen molar-refractivity contribution in [1.82, 2.24) is 0 Å². The number of aryl methyl sites for hydroxylation is 1. The Bertz CT molecular complexity index is 980. The van der Waals surface area contributed by atoms with Gasteiger partial charge in [0, 0.05) is 11.9 Å². The highest BCUT2D eigenvalue weighted by molar-refractivity contribution is 7.90. The molecule has 2 rings (SSSR count). The maximum Gasteiger partial charge on any atom is 0.258 e. The van der Waals surface area contributed by atoms with Gasteiger partial charge in [0.25, 0.3) is 5.91 Å². The van der Waals surface area contributed by atoms with Gasteiger partial charge in [-0.1, -0.05) is 6.07 Å². The molecule has 0 unspecified atom stereocenters. The van der Waals surface area contributed by atoms with Gasteiger partial charge in [-0.05, 0) is 36.8 Å².